The summed E-state index contributed by atoms with van der Waals surface area (Å²) < 4.78 is 5.11. The van der Waals surface area contributed by atoms with E-state index >= 15 is 0 Å². The molecule has 2 unspecified atom stereocenters. The molecule has 0 aromatic heterocycles. The second kappa shape index (κ2) is 5.73. The maximum absolute atomic E-state index is 12.0. The molecule has 1 aliphatic carbocycles. The third-order valence-corrected chi connectivity index (χ3v) is 4.92. The second-order valence-electron chi connectivity index (χ2n) is 6.52. The molecule has 116 valence electrons. The first kappa shape index (κ1) is 15.1. The maximum atomic E-state index is 12.0. The fraction of sp³-hybridized carbons (Fsp3) is 0.556. The first-order chi connectivity index (χ1) is 10.6. The number of hydrogen-bond acceptors (Lipinski definition) is 4. The number of nitriles is 1. The Hall–Kier alpha value is -1.86. The first-order valence-electron chi connectivity index (χ1n) is 8.03. The Labute approximate surface area is 131 Å². The van der Waals surface area contributed by atoms with Crippen LogP contribution in [0.2, 0.25) is 0 Å². The van der Waals surface area contributed by atoms with Crippen molar-refractivity contribution in [1.29, 1.82) is 5.26 Å². The highest BCUT2D eigenvalue weighted by Crippen LogP contribution is 2.44. The first-order valence-corrected chi connectivity index (χ1v) is 8.03. The molecule has 0 radical (unpaired) electrons. The summed E-state index contributed by atoms with van der Waals surface area (Å²) >= 11 is 0. The molecule has 0 saturated carbocycles. The summed E-state index contributed by atoms with van der Waals surface area (Å²) in [6, 6.07) is 8.38. The van der Waals surface area contributed by atoms with E-state index in [-0.39, 0.29) is 12.0 Å². The molecular weight excluding hydrogens is 276 g/mol. The fourth-order valence-corrected chi connectivity index (χ4v) is 3.73. The van der Waals surface area contributed by atoms with Crippen LogP contribution in [0.4, 0.5) is 0 Å². The van der Waals surface area contributed by atoms with Crippen LogP contribution in [0.25, 0.3) is 0 Å². The lowest BCUT2D eigenvalue weighted by atomic mass is 9.79. The lowest BCUT2D eigenvalue weighted by molar-refractivity contribution is -0.145. The molecule has 3 atom stereocenters. The molecule has 1 aromatic rings. The Morgan fingerprint density at radius 2 is 2.23 bits per heavy atom. The molecule has 0 spiro atoms. The number of nitrogens with one attached hydrogen (secondary N) is 1. The lowest BCUT2D eigenvalue weighted by Crippen LogP contribution is -2.34. The van der Waals surface area contributed by atoms with Gasteiger partial charge in [-0.1, -0.05) is 18.2 Å². The molecule has 3 rings (SSSR count). The molecule has 2 aliphatic rings. The predicted octanol–water partition coefficient (Wildman–Crippen LogP) is 2.67. The van der Waals surface area contributed by atoms with E-state index in [0.29, 0.717) is 13.0 Å². The van der Waals surface area contributed by atoms with Gasteiger partial charge >= 0.3 is 5.97 Å². The monoisotopic (exact) mass is 298 g/mol. The van der Waals surface area contributed by atoms with Crippen molar-refractivity contribution in [2.24, 2.45) is 5.41 Å². The number of benzene rings is 1. The van der Waals surface area contributed by atoms with E-state index in [4.69, 9.17) is 4.74 Å². The van der Waals surface area contributed by atoms with Crippen LogP contribution in [0.1, 0.15) is 49.4 Å². The molecule has 1 aliphatic heterocycles. The van der Waals surface area contributed by atoms with Gasteiger partial charge in [0.25, 0.3) is 0 Å². The van der Waals surface area contributed by atoms with Crippen LogP contribution in [-0.4, -0.2) is 18.6 Å². The van der Waals surface area contributed by atoms with E-state index < -0.39 is 11.5 Å². The third-order valence-electron chi connectivity index (χ3n) is 4.92. The van der Waals surface area contributed by atoms with E-state index in [9.17, 15) is 10.1 Å². The average Bonchev–Trinajstić information content (AvgIpc) is 3.11. The Morgan fingerprint density at radius 1 is 1.45 bits per heavy atom. The minimum Gasteiger partial charge on any atom is -0.465 e. The van der Waals surface area contributed by atoms with Crippen molar-refractivity contribution in [3.63, 3.8) is 0 Å². The molecule has 1 fully saturated rings. The van der Waals surface area contributed by atoms with Crippen molar-refractivity contribution in [3.8, 4) is 6.07 Å². The van der Waals surface area contributed by atoms with Crippen LogP contribution in [0, 0.1) is 16.7 Å². The summed E-state index contributed by atoms with van der Waals surface area (Å²) in [5.74, 6) is -0.257. The van der Waals surface area contributed by atoms with Gasteiger partial charge in [0.15, 0.2) is 0 Å². The van der Waals surface area contributed by atoms with Crippen LogP contribution in [0.5, 0.6) is 0 Å². The summed E-state index contributed by atoms with van der Waals surface area (Å²) in [5.41, 5.74) is 3.32. The number of carbonyl (C=O) groups excluding carboxylic acids is 1. The number of ether oxygens (including phenoxy) is 1. The van der Waals surface area contributed by atoms with Crippen LogP contribution >= 0.6 is 0 Å². The van der Waals surface area contributed by atoms with E-state index in [1.807, 2.05) is 6.92 Å². The summed E-state index contributed by atoms with van der Waals surface area (Å²) in [6.45, 7) is 4.09. The van der Waals surface area contributed by atoms with E-state index in [2.05, 4.69) is 29.6 Å². The molecule has 4 heteroatoms. The zero-order valence-corrected chi connectivity index (χ0v) is 13.2. The maximum Gasteiger partial charge on any atom is 0.323 e. The Kier molecular flexibility index (Phi) is 3.92. The van der Waals surface area contributed by atoms with Gasteiger partial charge in [0.05, 0.1) is 24.1 Å². The summed E-state index contributed by atoms with van der Waals surface area (Å²) in [7, 11) is 0. The van der Waals surface area contributed by atoms with Crippen LogP contribution in [0.3, 0.4) is 0 Å². The number of carbonyl (C=O) groups is 1. The van der Waals surface area contributed by atoms with Gasteiger partial charge in [-0.05, 0) is 56.2 Å². The largest absolute Gasteiger partial charge is 0.465 e. The third kappa shape index (κ3) is 2.50. The number of aryl methyl sites for hydroxylation is 2. The minimum absolute atomic E-state index is 0.127. The van der Waals surface area contributed by atoms with Crippen LogP contribution in [0.15, 0.2) is 18.2 Å². The number of nitrogens with zero attached hydrogens (tertiary/aromatic N) is 1. The van der Waals surface area contributed by atoms with Crippen molar-refractivity contribution >= 4 is 5.97 Å². The van der Waals surface area contributed by atoms with E-state index in [1.165, 1.54) is 17.5 Å². The van der Waals surface area contributed by atoms with Crippen molar-refractivity contribution in [2.75, 3.05) is 6.61 Å². The van der Waals surface area contributed by atoms with Crippen LogP contribution < -0.4 is 5.32 Å². The molecule has 22 heavy (non-hydrogen) atoms. The molecule has 4 nitrogen and oxygen atoms in total. The van der Waals surface area contributed by atoms with Gasteiger partial charge in [-0.2, -0.15) is 5.26 Å². The Balaban J connectivity index is 1.88. The van der Waals surface area contributed by atoms with Crippen molar-refractivity contribution in [2.45, 2.75) is 51.6 Å². The molecule has 1 N–H and O–H groups in total. The zero-order valence-electron chi connectivity index (χ0n) is 13.2. The number of hydrogen-bond donors (Lipinski definition) is 1. The molecule has 0 amide bonds. The highest BCUT2D eigenvalue weighted by Gasteiger charge is 2.47. The highest BCUT2D eigenvalue weighted by molar-refractivity contribution is 5.76. The molecule has 1 saturated heterocycles. The molecule has 1 aromatic carbocycles. The molecule has 0 bridgehead atoms. The van der Waals surface area contributed by atoms with Gasteiger partial charge in [-0.15, -0.1) is 0 Å². The number of esters is 1. The standard InChI is InChI=1S/C18H22N2O2/c1-3-22-17(21)15-10-18(2,11-19)16(20-15)14-8-7-12-5-4-6-13(12)9-14/h7-9,15-16,20H,3-6,10H2,1-2H3/t15?,16?,18-/m1/s1. The summed E-state index contributed by atoms with van der Waals surface area (Å²) in [5, 5.41) is 13.0. The average molecular weight is 298 g/mol. The van der Waals surface area contributed by atoms with Crippen molar-refractivity contribution in [3.05, 3.63) is 34.9 Å². The summed E-state index contributed by atoms with van der Waals surface area (Å²) in [4.78, 5) is 12.0. The van der Waals surface area contributed by atoms with E-state index in [1.54, 1.807) is 6.92 Å². The van der Waals surface area contributed by atoms with Gasteiger partial charge in [0, 0.05) is 0 Å². The normalized spacial score (nSPS) is 29.9. The Morgan fingerprint density at radius 3 is 2.95 bits per heavy atom. The van der Waals surface area contributed by atoms with Crippen molar-refractivity contribution in [1.82, 2.24) is 5.32 Å². The molecule has 1 heterocycles. The van der Waals surface area contributed by atoms with Gasteiger partial charge < -0.3 is 4.74 Å². The van der Waals surface area contributed by atoms with E-state index in [0.717, 1.165) is 18.4 Å². The predicted molar refractivity (Wildman–Crippen MR) is 83.1 cm³/mol. The van der Waals surface area contributed by atoms with Gasteiger partial charge in [-0.3, -0.25) is 10.1 Å². The minimum atomic E-state index is -0.593. The number of fused-ring (bicyclic) bond motifs is 1. The quantitative estimate of drug-likeness (QED) is 0.872. The Bertz CT molecular complexity index is 634. The van der Waals surface area contributed by atoms with Crippen LogP contribution in [-0.2, 0) is 22.4 Å². The summed E-state index contributed by atoms with van der Waals surface area (Å²) in [6.07, 6.45) is 3.96. The van der Waals surface area contributed by atoms with Gasteiger partial charge in [0.2, 0.25) is 0 Å². The molecular formula is C18H22N2O2. The smallest absolute Gasteiger partial charge is 0.323 e. The SMILES string of the molecule is CCOC(=O)C1C[C@](C)(C#N)C(c2ccc3c(c2)CCC3)N1. The fourth-order valence-electron chi connectivity index (χ4n) is 3.73. The number of rotatable bonds is 3. The highest BCUT2D eigenvalue weighted by atomic mass is 16.5. The van der Waals surface area contributed by atoms with Crippen molar-refractivity contribution < 1.29 is 9.53 Å². The second-order valence-corrected chi connectivity index (χ2v) is 6.52. The van der Waals surface area contributed by atoms with Gasteiger partial charge in [0.1, 0.15) is 6.04 Å². The zero-order chi connectivity index (χ0) is 15.7. The lowest BCUT2D eigenvalue weighted by Gasteiger charge is -2.24. The van der Waals surface area contributed by atoms with Gasteiger partial charge in [-0.25, -0.2) is 0 Å². The topological polar surface area (TPSA) is 62.1 Å².